The Hall–Kier alpha value is -0.810. The monoisotopic (exact) mass is 317 g/mol. The third kappa shape index (κ3) is 6.22. The van der Waals surface area contributed by atoms with Crippen molar-refractivity contribution in [3.8, 4) is 0 Å². The molecule has 1 heterocycles. The lowest BCUT2D eigenvalue weighted by Gasteiger charge is -2.30. The number of nitrogens with two attached hydrogens (primary N) is 1. The summed E-state index contributed by atoms with van der Waals surface area (Å²) >= 11 is 0. The lowest BCUT2D eigenvalue weighted by Crippen LogP contribution is -2.46. The second-order valence-electron chi connectivity index (χ2n) is 6.20. The fourth-order valence-electron chi connectivity index (χ4n) is 3.16. The summed E-state index contributed by atoms with van der Waals surface area (Å²) in [4.78, 5) is 25.6. The number of nitrogens with one attached hydrogen (secondary N) is 1. The highest BCUT2D eigenvalue weighted by atomic mass is 35.5. The Morgan fingerprint density at radius 3 is 2.29 bits per heavy atom. The van der Waals surface area contributed by atoms with Gasteiger partial charge < -0.3 is 16.0 Å². The van der Waals surface area contributed by atoms with Crippen molar-refractivity contribution < 1.29 is 9.59 Å². The van der Waals surface area contributed by atoms with Crippen LogP contribution in [0.3, 0.4) is 0 Å². The Morgan fingerprint density at radius 2 is 1.67 bits per heavy atom. The topological polar surface area (TPSA) is 75.4 Å². The van der Waals surface area contributed by atoms with Gasteiger partial charge in [-0.2, -0.15) is 0 Å². The van der Waals surface area contributed by atoms with E-state index in [1.807, 2.05) is 4.90 Å². The highest BCUT2D eigenvalue weighted by molar-refractivity contribution is 5.85. The number of carbonyl (C=O) groups is 2. The van der Waals surface area contributed by atoms with Gasteiger partial charge in [0.1, 0.15) is 0 Å². The highest BCUT2D eigenvalue weighted by Gasteiger charge is 2.21. The van der Waals surface area contributed by atoms with Gasteiger partial charge in [-0.1, -0.05) is 19.3 Å². The molecule has 2 aliphatic rings. The molecule has 0 aromatic rings. The van der Waals surface area contributed by atoms with Crippen LogP contribution in [0, 0.1) is 5.92 Å². The zero-order valence-corrected chi connectivity index (χ0v) is 13.5. The molecule has 0 unspecified atom stereocenters. The van der Waals surface area contributed by atoms with Crippen LogP contribution in [0.1, 0.15) is 51.4 Å². The summed E-state index contributed by atoms with van der Waals surface area (Å²) in [6, 6.07) is 0.222. The van der Waals surface area contributed by atoms with Crippen LogP contribution in [0.25, 0.3) is 0 Å². The summed E-state index contributed by atoms with van der Waals surface area (Å²) in [5.41, 5.74) is 5.82. The standard InChI is InChI=1S/C15H27N3O2.ClH/c16-13-6-8-18(9-7-13)15(20)11-17-14(19)10-12-4-2-1-3-5-12;/h12-13H,1-11,16H2,(H,17,19);1H. The van der Waals surface area contributed by atoms with E-state index >= 15 is 0 Å². The molecule has 2 rings (SSSR count). The van der Waals surface area contributed by atoms with Gasteiger partial charge in [0.15, 0.2) is 0 Å². The first kappa shape index (κ1) is 18.2. The van der Waals surface area contributed by atoms with Gasteiger partial charge in [0.25, 0.3) is 0 Å². The van der Waals surface area contributed by atoms with Gasteiger partial charge >= 0.3 is 0 Å². The van der Waals surface area contributed by atoms with E-state index in [4.69, 9.17) is 5.73 Å². The molecule has 1 saturated carbocycles. The van der Waals surface area contributed by atoms with Crippen LogP contribution in [0.4, 0.5) is 0 Å². The molecule has 0 radical (unpaired) electrons. The fraction of sp³-hybridized carbons (Fsp3) is 0.867. The van der Waals surface area contributed by atoms with E-state index in [0.29, 0.717) is 12.3 Å². The van der Waals surface area contributed by atoms with Crippen LogP contribution >= 0.6 is 12.4 Å². The van der Waals surface area contributed by atoms with Crippen LogP contribution in [-0.2, 0) is 9.59 Å². The molecule has 2 fully saturated rings. The molecule has 1 aliphatic carbocycles. The summed E-state index contributed by atoms with van der Waals surface area (Å²) in [5.74, 6) is 0.569. The minimum absolute atomic E-state index is 0. The second kappa shape index (κ2) is 9.26. The van der Waals surface area contributed by atoms with E-state index in [2.05, 4.69) is 5.32 Å². The van der Waals surface area contributed by atoms with Gasteiger partial charge in [0.05, 0.1) is 6.54 Å². The van der Waals surface area contributed by atoms with Gasteiger partial charge in [-0.05, 0) is 31.6 Å². The molecular formula is C15H28ClN3O2. The first-order valence-electron chi connectivity index (χ1n) is 7.95. The van der Waals surface area contributed by atoms with Crippen molar-refractivity contribution in [1.29, 1.82) is 0 Å². The van der Waals surface area contributed by atoms with Crippen LogP contribution in [-0.4, -0.2) is 42.4 Å². The number of halogens is 1. The van der Waals surface area contributed by atoms with E-state index in [1.54, 1.807) is 0 Å². The maximum atomic E-state index is 12.0. The fourth-order valence-corrected chi connectivity index (χ4v) is 3.16. The average Bonchev–Trinajstić information content (AvgIpc) is 2.46. The summed E-state index contributed by atoms with van der Waals surface area (Å²) < 4.78 is 0. The minimum atomic E-state index is 0. The highest BCUT2D eigenvalue weighted by Crippen LogP contribution is 2.25. The van der Waals surface area contributed by atoms with Crippen molar-refractivity contribution in [2.45, 2.75) is 57.4 Å². The number of carbonyl (C=O) groups excluding carboxylic acids is 2. The van der Waals surface area contributed by atoms with E-state index in [-0.39, 0.29) is 36.8 Å². The molecule has 6 heteroatoms. The van der Waals surface area contributed by atoms with Gasteiger partial charge in [0.2, 0.25) is 11.8 Å². The van der Waals surface area contributed by atoms with Gasteiger partial charge in [-0.15, -0.1) is 12.4 Å². The van der Waals surface area contributed by atoms with E-state index in [0.717, 1.165) is 38.8 Å². The number of hydrogen-bond acceptors (Lipinski definition) is 3. The number of rotatable bonds is 4. The van der Waals surface area contributed by atoms with Crippen molar-refractivity contribution >= 4 is 24.2 Å². The lowest BCUT2D eigenvalue weighted by molar-refractivity contribution is -0.134. The van der Waals surface area contributed by atoms with Crippen molar-refractivity contribution in [1.82, 2.24) is 10.2 Å². The molecule has 0 aromatic carbocycles. The lowest BCUT2D eigenvalue weighted by atomic mass is 9.87. The molecule has 21 heavy (non-hydrogen) atoms. The van der Waals surface area contributed by atoms with Crippen molar-refractivity contribution in [2.24, 2.45) is 11.7 Å². The number of amides is 2. The number of likely N-dealkylation sites (tertiary alicyclic amines) is 1. The minimum Gasteiger partial charge on any atom is -0.347 e. The molecule has 3 N–H and O–H groups in total. The maximum absolute atomic E-state index is 12.0. The molecule has 0 atom stereocenters. The van der Waals surface area contributed by atoms with Crippen molar-refractivity contribution in [2.75, 3.05) is 19.6 Å². The third-order valence-corrected chi connectivity index (χ3v) is 4.53. The molecule has 0 aromatic heterocycles. The number of piperidine rings is 1. The quantitative estimate of drug-likeness (QED) is 0.824. The Kier molecular flexibility index (Phi) is 8.04. The largest absolute Gasteiger partial charge is 0.347 e. The third-order valence-electron chi connectivity index (χ3n) is 4.53. The Balaban J connectivity index is 0.00000220. The van der Waals surface area contributed by atoms with E-state index < -0.39 is 0 Å². The normalized spacial score (nSPS) is 20.7. The van der Waals surface area contributed by atoms with Gasteiger partial charge in [-0.3, -0.25) is 9.59 Å². The molecule has 0 spiro atoms. The Bertz CT molecular complexity index is 338. The van der Waals surface area contributed by atoms with Crippen molar-refractivity contribution in [3.63, 3.8) is 0 Å². The smallest absolute Gasteiger partial charge is 0.241 e. The number of nitrogens with zero attached hydrogens (tertiary/aromatic N) is 1. The first-order valence-corrected chi connectivity index (χ1v) is 7.95. The van der Waals surface area contributed by atoms with Crippen LogP contribution in [0.5, 0.6) is 0 Å². The molecule has 2 amide bonds. The molecule has 1 aliphatic heterocycles. The summed E-state index contributed by atoms with van der Waals surface area (Å²) in [6.45, 7) is 1.58. The van der Waals surface area contributed by atoms with Crippen LogP contribution in [0.2, 0.25) is 0 Å². The maximum Gasteiger partial charge on any atom is 0.241 e. The Morgan fingerprint density at radius 1 is 1.05 bits per heavy atom. The molecule has 5 nitrogen and oxygen atoms in total. The van der Waals surface area contributed by atoms with Crippen molar-refractivity contribution in [3.05, 3.63) is 0 Å². The van der Waals surface area contributed by atoms with E-state index in [9.17, 15) is 9.59 Å². The zero-order valence-electron chi connectivity index (χ0n) is 12.7. The summed E-state index contributed by atoms with van der Waals surface area (Å²) in [6.07, 6.45) is 8.40. The van der Waals surface area contributed by atoms with E-state index in [1.165, 1.54) is 19.3 Å². The molecule has 0 bridgehead atoms. The molecule has 122 valence electrons. The second-order valence-corrected chi connectivity index (χ2v) is 6.20. The van der Waals surface area contributed by atoms with Crippen LogP contribution in [0.15, 0.2) is 0 Å². The molecule has 1 saturated heterocycles. The molecular weight excluding hydrogens is 290 g/mol. The predicted molar refractivity (Wildman–Crippen MR) is 85.2 cm³/mol. The first-order chi connectivity index (χ1) is 9.65. The predicted octanol–water partition coefficient (Wildman–Crippen LogP) is 1.44. The Labute approximate surface area is 133 Å². The summed E-state index contributed by atoms with van der Waals surface area (Å²) in [5, 5.41) is 2.78. The number of hydrogen-bond donors (Lipinski definition) is 2. The average molecular weight is 318 g/mol. The SMILES string of the molecule is Cl.NC1CCN(C(=O)CNC(=O)CC2CCCCC2)CC1. The van der Waals surface area contributed by atoms with Crippen LogP contribution < -0.4 is 11.1 Å². The van der Waals surface area contributed by atoms with Gasteiger partial charge in [-0.25, -0.2) is 0 Å². The summed E-state index contributed by atoms with van der Waals surface area (Å²) in [7, 11) is 0. The van der Waals surface area contributed by atoms with Gasteiger partial charge in [0, 0.05) is 25.6 Å². The zero-order chi connectivity index (χ0) is 14.4.